The molecule has 0 bridgehead atoms. The molecule has 1 atom stereocenters. The number of pyridine rings is 1. The molecule has 30 heavy (non-hydrogen) atoms. The Kier molecular flexibility index (Phi) is 6.28. The van der Waals surface area contributed by atoms with E-state index in [9.17, 15) is 22.8 Å². The van der Waals surface area contributed by atoms with Gasteiger partial charge in [0.1, 0.15) is 0 Å². The van der Waals surface area contributed by atoms with Gasteiger partial charge in [-0.3, -0.25) is 14.6 Å². The van der Waals surface area contributed by atoms with Crippen LogP contribution < -0.4 is 4.90 Å². The maximum Gasteiger partial charge on any atom is 0.409 e. The fourth-order valence-electron chi connectivity index (χ4n) is 3.62. The Hall–Kier alpha value is -3.10. The van der Waals surface area contributed by atoms with Gasteiger partial charge in [0.15, 0.2) is 0 Å². The summed E-state index contributed by atoms with van der Waals surface area (Å²) in [4.78, 5) is 32.1. The van der Waals surface area contributed by atoms with Gasteiger partial charge in [-0.1, -0.05) is 18.2 Å². The average molecular weight is 421 g/mol. The van der Waals surface area contributed by atoms with E-state index in [4.69, 9.17) is 4.74 Å². The van der Waals surface area contributed by atoms with Gasteiger partial charge in [-0.2, -0.15) is 13.2 Å². The summed E-state index contributed by atoms with van der Waals surface area (Å²) in [5.41, 5.74) is 2.47. The number of aryl methyl sites for hydroxylation is 1. The second-order valence-corrected chi connectivity index (χ2v) is 7.09. The summed E-state index contributed by atoms with van der Waals surface area (Å²) in [6, 6.07) is 9.06. The molecule has 2 aromatic rings. The Morgan fingerprint density at radius 1 is 1.27 bits per heavy atom. The van der Waals surface area contributed by atoms with Crippen LogP contribution in [0.1, 0.15) is 12.1 Å². The minimum atomic E-state index is -4.56. The number of esters is 1. The fraction of sp³-hybridized carbons (Fsp3) is 0.381. The smallest absolute Gasteiger partial charge is 0.409 e. The third kappa shape index (κ3) is 5.08. The van der Waals surface area contributed by atoms with Crippen molar-refractivity contribution in [1.29, 1.82) is 0 Å². The molecule has 160 valence electrons. The number of aromatic nitrogens is 1. The number of ether oxygens (including phenoxy) is 1. The van der Waals surface area contributed by atoms with Crippen molar-refractivity contribution >= 4 is 28.5 Å². The first-order chi connectivity index (χ1) is 14.2. The third-order valence-corrected chi connectivity index (χ3v) is 4.97. The molecule has 0 aliphatic carbocycles. The number of alkyl halides is 3. The number of anilines is 1. The number of allylic oxidation sites excluding steroid dienone is 1. The average Bonchev–Trinajstić information content (AvgIpc) is 2.70. The number of hydrogen-bond acceptors (Lipinski definition) is 5. The van der Waals surface area contributed by atoms with E-state index in [1.165, 1.54) is 12.0 Å². The van der Waals surface area contributed by atoms with Crippen molar-refractivity contribution in [2.24, 2.45) is 0 Å². The Bertz CT molecular complexity index is 975. The molecule has 1 fully saturated rings. The maximum atomic E-state index is 12.4. The molecule has 0 N–H and O–H groups in total. The lowest BCUT2D eigenvalue weighted by atomic mass is 10.0. The van der Waals surface area contributed by atoms with E-state index in [0.29, 0.717) is 12.6 Å². The van der Waals surface area contributed by atoms with Crippen LogP contribution in [-0.2, 0) is 14.3 Å². The quantitative estimate of drug-likeness (QED) is 0.560. The van der Waals surface area contributed by atoms with E-state index < -0.39 is 24.1 Å². The van der Waals surface area contributed by atoms with Gasteiger partial charge in [0.2, 0.25) is 5.91 Å². The van der Waals surface area contributed by atoms with Gasteiger partial charge < -0.3 is 14.5 Å². The number of piperazine rings is 1. The minimum absolute atomic E-state index is 0.00103. The molecule has 1 unspecified atom stereocenters. The van der Waals surface area contributed by atoms with Crippen LogP contribution in [0.25, 0.3) is 10.9 Å². The molecule has 0 spiro atoms. The predicted octanol–water partition coefficient (Wildman–Crippen LogP) is 3.24. The molecule has 2 heterocycles. The van der Waals surface area contributed by atoms with Gasteiger partial charge in [0.25, 0.3) is 0 Å². The first kappa shape index (κ1) is 21.6. The van der Waals surface area contributed by atoms with Gasteiger partial charge in [-0.15, -0.1) is 0 Å². The molecule has 0 radical (unpaired) electrons. The molecule has 1 amide bonds. The number of methoxy groups -OCH3 is 1. The normalized spacial score (nSPS) is 17.6. The Balaban J connectivity index is 1.91. The monoisotopic (exact) mass is 421 g/mol. The molecule has 3 rings (SSSR count). The molecular weight excluding hydrogens is 399 g/mol. The summed E-state index contributed by atoms with van der Waals surface area (Å²) in [5.74, 6) is -1.20. The van der Waals surface area contributed by atoms with Crippen LogP contribution in [0.2, 0.25) is 0 Å². The number of fused-ring (bicyclic) bond motifs is 1. The van der Waals surface area contributed by atoms with Gasteiger partial charge in [-0.05, 0) is 19.1 Å². The lowest BCUT2D eigenvalue weighted by molar-refractivity contribution is -0.141. The van der Waals surface area contributed by atoms with Gasteiger partial charge in [0.05, 0.1) is 25.1 Å². The molecule has 6 nitrogen and oxygen atoms in total. The summed E-state index contributed by atoms with van der Waals surface area (Å²) in [6.07, 6.45) is -4.11. The van der Waals surface area contributed by atoms with Crippen molar-refractivity contribution in [2.45, 2.75) is 25.6 Å². The van der Waals surface area contributed by atoms with Crippen LogP contribution in [0, 0.1) is 6.92 Å². The number of carbonyl (C=O) groups excluding carboxylic acids is 2. The highest BCUT2D eigenvalue weighted by molar-refractivity contribution is 5.93. The number of para-hydroxylation sites is 1. The number of halogens is 3. The lowest BCUT2D eigenvalue weighted by Crippen LogP contribution is -2.55. The predicted molar refractivity (Wildman–Crippen MR) is 106 cm³/mol. The third-order valence-electron chi connectivity index (χ3n) is 4.97. The standard InChI is InChI=1S/C21H22F3N3O3/c1-14-11-18(16-5-3-4-6-17(16)25-14)27-10-9-26(13-15(27)12-20(29)30-2)19(28)7-8-21(22,23)24/h3-8,11,15H,9-10,12-13H2,1-2H3/b8-7+. The van der Waals surface area contributed by atoms with E-state index in [1.54, 1.807) is 0 Å². The SMILES string of the molecule is COC(=O)CC1CN(C(=O)/C=C/C(F)(F)F)CCN1c1cc(C)nc2ccccc12. The Morgan fingerprint density at radius 2 is 2.00 bits per heavy atom. The summed E-state index contributed by atoms with van der Waals surface area (Å²) < 4.78 is 42.0. The summed E-state index contributed by atoms with van der Waals surface area (Å²) in [6.45, 7) is 2.56. The maximum absolute atomic E-state index is 12.4. The highest BCUT2D eigenvalue weighted by Crippen LogP contribution is 2.31. The summed E-state index contributed by atoms with van der Waals surface area (Å²) >= 11 is 0. The minimum Gasteiger partial charge on any atom is -0.469 e. The summed E-state index contributed by atoms with van der Waals surface area (Å²) in [5, 5.41) is 0.898. The largest absolute Gasteiger partial charge is 0.469 e. The number of hydrogen-bond donors (Lipinski definition) is 0. The van der Waals surface area contributed by atoms with Crippen LogP contribution in [-0.4, -0.2) is 60.7 Å². The number of nitrogens with zero attached hydrogens (tertiary/aromatic N) is 3. The number of amides is 1. The van der Waals surface area contributed by atoms with Crippen molar-refractivity contribution in [1.82, 2.24) is 9.88 Å². The first-order valence-corrected chi connectivity index (χ1v) is 9.42. The van der Waals surface area contributed by atoms with Gasteiger partial charge in [0, 0.05) is 48.6 Å². The second-order valence-electron chi connectivity index (χ2n) is 7.09. The van der Waals surface area contributed by atoms with Crippen molar-refractivity contribution in [3.8, 4) is 0 Å². The molecule has 1 aliphatic rings. The van der Waals surface area contributed by atoms with Crippen LogP contribution in [0.4, 0.5) is 18.9 Å². The zero-order valence-corrected chi connectivity index (χ0v) is 16.6. The van der Waals surface area contributed by atoms with Crippen molar-refractivity contribution in [3.05, 3.63) is 48.2 Å². The van der Waals surface area contributed by atoms with Crippen molar-refractivity contribution in [2.75, 3.05) is 31.6 Å². The van der Waals surface area contributed by atoms with E-state index >= 15 is 0 Å². The fourth-order valence-corrected chi connectivity index (χ4v) is 3.62. The lowest BCUT2D eigenvalue weighted by Gasteiger charge is -2.42. The van der Waals surface area contributed by atoms with E-state index in [0.717, 1.165) is 22.3 Å². The van der Waals surface area contributed by atoms with Crippen molar-refractivity contribution in [3.63, 3.8) is 0 Å². The van der Waals surface area contributed by atoms with E-state index in [1.807, 2.05) is 42.2 Å². The molecule has 9 heteroatoms. The first-order valence-electron chi connectivity index (χ1n) is 9.42. The van der Waals surface area contributed by atoms with Crippen LogP contribution in [0.3, 0.4) is 0 Å². The van der Waals surface area contributed by atoms with Gasteiger partial charge >= 0.3 is 12.1 Å². The van der Waals surface area contributed by atoms with Crippen LogP contribution in [0.15, 0.2) is 42.5 Å². The molecule has 1 aromatic carbocycles. The highest BCUT2D eigenvalue weighted by atomic mass is 19.4. The number of benzene rings is 1. The number of carbonyl (C=O) groups is 2. The number of rotatable bonds is 4. The summed E-state index contributed by atoms with van der Waals surface area (Å²) in [7, 11) is 1.27. The van der Waals surface area contributed by atoms with Crippen LogP contribution in [0.5, 0.6) is 0 Å². The zero-order valence-electron chi connectivity index (χ0n) is 16.6. The second kappa shape index (κ2) is 8.73. The van der Waals surface area contributed by atoms with E-state index in [2.05, 4.69) is 4.98 Å². The topological polar surface area (TPSA) is 62.7 Å². The molecule has 1 aromatic heterocycles. The van der Waals surface area contributed by atoms with E-state index in [-0.39, 0.29) is 25.6 Å². The van der Waals surface area contributed by atoms with Crippen LogP contribution >= 0.6 is 0 Å². The highest BCUT2D eigenvalue weighted by Gasteiger charge is 2.32. The molecule has 0 saturated carbocycles. The molecule has 1 aliphatic heterocycles. The van der Waals surface area contributed by atoms with Crippen molar-refractivity contribution < 1.29 is 27.5 Å². The molecule has 1 saturated heterocycles. The Labute approximate surface area is 171 Å². The Morgan fingerprint density at radius 3 is 2.70 bits per heavy atom. The molecular formula is C21H22F3N3O3. The zero-order chi connectivity index (χ0) is 21.9. The van der Waals surface area contributed by atoms with Gasteiger partial charge in [-0.25, -0.2) is 0 Å².